The van der Waals surface area contributed by atoms with Gasteiger partial charge in [-0.2, -0.15) is 0 Å². The maximum absolute atomic E-state index is 5.61. The number of nitrogens with one attached hydrogen (secondary N) is 1. The third kappa shape index (κ3) is 5.16. The molecule has 6 heteroatoms. The Balaban J connectivity index is 0.00000200. The monoisotopic (exact) mass is 391 g/mol. The highest BCUT2D eigenvalue weighted by atomic mass is 127. The summed E-state index contributed by atoms with van der Waals surface area (Å²) in [5.41, 5.74) is 1.15. The van der Waals surface area contributed by atoms with Gasteiger partial charge in [0.1, 0.15) is 5.75 Å². The fraction of sp³-hybridized carbons (Fsp3) is 0.500. The molecule has 0 aromatic heterocycles. The van der Waals surface area contributed by atoms with Gasteiger partial charge >= 0.3 is 0 Å². The van der Waals surface area contributed by atoms with Gasteiger partial charge < -0.3 is 19.7 Å². The average molecular weight is 391 g/mol. The summed E-state index contributed by atoms with van der Waals surface area (Å²) in [7, 11) is 3.71. The topological polar surface area (TPSA) is 46.1 Å². The number of hydrogen-bond donors (Lipinski definition) is 1. The van der Waals surface area contributed by atoms with E-state index in [9.17, 15) is 0 Å². The van der Waals surface area contributed by atoms with Gasteiger partial charge in [0, 0.05) is 20.1 Å². The molecule has 0 saturated carbocycles. The van der Waals surface area contributed by atoms with Crippen molar-refractivity contribution >= 4 is 29.9 Å². The maximum atomic E-state index is 5.61. The predicted molar refractivity (Wildman–Crippen MR) is 91.0 cm³/mol. The van der Waals surface area contributed by atoms with Gasteiger partial charge in [-0.25, -0.2) is 0 Å². The molecule has 0 fully saturated rings. The minimum absolute atomic E-state index is 0. The van der Waals surface area contributed by atoms with Crippen molar-refractivity contribution in [2.24, 2.45) is 4.99 Å². The third-order valence-electron chi connectivity index (χ3n) is 3.02. The molecule has 0 saturated heterocycles. The summed E-state index contributed by atoms with van der Waals surface area (Å²) in [4.78, 5) is 6.47. The molecule has 1 N–H and O–H groups in total. The second-order valence-electron chi connectivity index (χ2n) is 4.45. The first kappa shape index (κ1) is 17.0. The van der Waals surface area contributed by atoms with E-state index in [2.05, 4.69) is 15.2 Å². The van der Waals surface area contributed by atoms with E-state index in [1.807, 2.05) is 31.3 Å². The highest BCUT2D eigenvalue weighted by Gasteiger charge is 2.10. The van der Waals surface area contributed by atoms with Crippen molar-refractivity contribution in [1.29, 1.82) is 0 Å². The zero-order valence-electron chi connectivity index (χ0n) is 12.0. The molecule has 1 aromatic carbocycles. The first-order valence-electron chi connectivity index (χ1n) is 6.50. The van der Waals surface area contributed by atoms with Crippen LogP contribution in [0.25, 0.3) is 0 Å². The lowest BCUT2D eigenvalue weighted by atomic mass is 10.2. The highest BCUT2D eigenvalue weighted by Crippen LogP contribution is 2.11. The Labute approximate surface area is 137 Å². The number of methoxy groups -OCH3 is 1. The Morgan fingerprint density at radius 1 is 1.30 bits per heavy atom. The number of ether oxygens (including phenoxy) is 2. The van der Waals surface area contributed by atoms with Crippen LogP contribution in [0.15, 0.2) is 29.3 Å². The second-order valence-corrected chi connectivity index (χ2v) is 4.45. The minimum Gasteiger partial charge on any atom is -0.497 e. The van der Waals surface area contributed by atoms with Gasteiger partial charge in [0.15, 0.2) is 5.96 Å². The summed E-state index contributed by atoms with van der Waals surface area (Å²) in [6, 6.07) is 7.92. The van der Waals surface area contributed by atoms with E-state index in [4.69, 9.17) is 9.47 Å². The number of hydrogen-bond acceptors (Lipinski definition) is 5. The van der Waals surface area contributed by atoms with Crippen LogP contribution in [0.1, 0.15) is 5.56 Å². The van der Waals surface area contributed by atoms with Crippen LogP contribution in [-0.2, 0) is 11.3 Å². The van der Waals surface area contributed by atoms with Gasteiger partial charge in [-0.1, -0.05) is 12.1 Å². The summed E-state index contributed by atoms with van der Waals surface area (Å²) in [5.74, 6) is 1.83. The second kappa shape index (κ2) is 9.02. The Kier molecular flexibility index (Phi) is 7.68. The molecule has 112 valence electrons. The number of nitrogens with zero attached hydrogens (tertiary/aromatic N) is 2. The SMILES string of the molecule is COc1ccc(COCCNC2=NCCN2C)cc1.I. The van der Waals surface area contributed by atoms with Crippen molar-refractivity contribution in [2.75, 3.05) is 40.4 Å². The van der Waals surface area contributed by atoms with E-state index < -0.39 is 0 Å². The summed E-state index contributed by atoms with van der Waals surface area (Å²) < 4.78 is 10.7. The Morgan fingerprint density at radius 3 is 2.65 bits per heavy atom. The van der Waals surface area contributed by atoms with E-state index >= 15 is 0 Å². The molecule has 1 aliphatic heterocycles. The van der Waals surface area contributed by atoms with Crippen LogP contribution in [-0.4, -0.2) is 51.3 Å². The van der Waals surface area contributed by atoms with Crippen LogP contribution in [0.5, 0.6) is 5.75 Å². The van der Waals surface area contributed by atoms with Gasteiger partial charge in [-0.05, 0) is 17.7 Å². The number of aliphatic imine (C=N–C) groups is 1. The van der Waals surface area contributed by atoms with E-state index in [0.29, 0.717) is 13.2 Å². The highest BCUT2D eigenvalue weighted by molar-refractivity contribution is 14.0. The number of likely N-dealkylation sites (N-methyl/N-ethyl adjacent to an activating group) is 1. The zero-order valence-corrected chi connectivity index (χ0v) is 14.3. The van der Waals surface area contributed by atoms with Gasteiger partial charge in [-0.15, -0.1) is 24.0 Å². The fourth-order valence-electron chi connectivity index (χ4n) is 1.87. The standard InChI is InChI=1S/C14H21N3O2.HI/c1-17-9-7-15-14(17)16-8-10-19-11-12-3-5-13(18-2)6-4-12;/h3-6H,7-11H2,1-2H3,(H,15,16);1H. The normalized spacial score (nSPS) is 13.7. The largest absolute Gasteiger partial charge is 0.497 e. The first-order chi connectivity index (χ1) is 9.29. The molecular weight excluding hydrogens is 369 g/mol. The van der Waals surface area contributed by atoms with Crippen molar-refractivity contribution in [2.45, 2.75) is 6.61 Å². The van der Waals surface area contributed by atoms with E-state index in [1.54, 1.807) is 7.11 Å². The van der Waals surface area contributed by atoms with Crippen LogP contribution in [0.4, 0.5) is 0 Å². The van der Waals surface area contributed by atoms with Gasteiger partial charge in [0.25, 0.3) is 0 Å². The quantitative estimate of drug-likeness (QED) is 0.593. The molecule has 0 radical (unpaired) electrons. The predicted octanol–water partition coefficient (Wildman–Crippen LogP) is 1.72. The van der Waals surface area contributed by atoms with Crippen molar-refractivity contribution in [3.05, 3.63) is 29.8 Å². The lowest BCUT2D eigenvalue weighted by Crippen LogP contribution is -2.37. The van der Waals surface area contributed by atoms with E-state index in [-0.39, 0.29) is 24.0 Å². The number of benzene rings is 1. The maximum Gasteiger partial charge on any atom is 0.193 e. The number of rotatable bonds is 6. The number of guanidine groups is 1. The van der Waals surface area contributed by atoms with Crippen LogP contribution >= 0.6 is 24.0 Å². The summed E-state index contributed by atoms with van der Waals surface area (Å²) in [6.45, 7) is 3.94. The molecule has 0 bridgehead atoms. The average Bonchev–Trinajstić information content (AvgIpc) is 2.85. The molecule has 0 spiro atoms. The lowest BCUT2D eigenvalue weighted by molar-refractivity contribution is 0.125. The van der Waals surface area contributed by atoms with E-state index in [0.717, 1.165) is 36.9 Å². The van der Waals surface area contributed by atoms with Crippen molar-refractivity contribution < 1.29 is 9.47 Å². The zero-order chi connectivity index (χ0) is 13.5. The van der Waals surface area contributed by atoms with Crippen molar-refractivity contribution in [3.63, 3.8) is 0 Å². The van der Waals surface area contributed by atoms with Crippen LogP contribution in [0, 0.1) is 0 Å². The fourth-order valence-corrected chi connectivity index (χ4v) is 1.87. The van der Waals surface area contributed by atoms with Gasteiger partial charge in [0.2, 0.25) is 0 Å². The summed E-state index contributed by atoms with van der Waals surface area (Å²) in [6.07, 6.45) is 0. The molecule has 0 atom stereocenters. The molecule has 1 heterocycles. The molecule has 20 heavy (non-hydrogen) atoms. The molecule has 1 aromatic rings. The molecule has 0 amide bonds. The Morgan fingerprint density at radius 2 is 2.05 bits per heavy atom. The molecule has 2 rings (SSSR count). The lowest BCUT2D eigenvalue weighted by Gasteiger charge is -2.15. The third-order valence-corrected chi connectivity index (χ3v) is 3.02. The van der Waals surface area contributed by atoms with Crippen LogP contribution in [0.2, 0.25) is 0 Å². The molecule has 1 aliphatic rings. The Bertz CT molecular complexity index is 423. The van der Waals surface area contributed by atoms with Crippen molar-refractivity contribution in [3.8, 4) is 5.75 Å². The van der Waals surface area contributed by atoms with E-state index in [1.165, 1.54) is 0 Å². The molecule has 0 aliphatic carbocycles. The molecule has 5 nitrogen and oxygen atoms in total. The molecular formula is C14H22IN3O2. The number of halogens is 1. The Hall–Kier alpha value is -1.02. The van der Waals surface area contributed by atoms with Crippen LogP contribution in [0.3, 0.4) is 0 Å². The van der Waals surface area contributed by atoms with Crippen LogP contribution < -0.4 is 10.1 Å². The van der Waals surface area contributed by atoms with Gasteiger partial charge in [-0.3, -0.25) is 4.99 Å². The molecule has 0 unspecified atom stereocenters. The first-order valence-corrected chi connectivity index (χ1v) is 6.50. The van der Waals surface area contributed by atoms with Gasteiger partial charge in [0.05, 0.1) is 26.9 Å². The minimum atomic E-state index is 0. The smallest absolute Gasteiger partial charge is 0.193 e. The van der Waals surface area contributed by atoms with Crippen molar-refractivity contribution in [1.82, 2.24) is 10.2 Å². The summed E-state index contributed by atoms with van der Waals surface area (Å²) in [5, 5.41) is 3.27. The summed E-state index contributed by atoms with van der Waals surface area (Å²) >= 11 is 0.